The molecule has 0 aliphatic rings. The fraction of sp³-hybridized carbons (Fsp3) is 0.267. The van der Waals surface area contributed by atoms with Gasteiger partial charge in [0.15, 0.2) is 0 Å². The van der Waals surface area contributed by atoms with Gasteiger partial charge in [0.05, 0.1) is 12.3 Å². The van der Waals surface area contributed by atoms with Crippen molar-refractivity contribution in [3.8, 4) is 5.75 Å². The van der Waals surface area contributed by atoms with Crippen LogP contribution in [0.15, 0.2) is 47.4 Å². The highest BCUT2D eigenvalue weighted by molar-refractivity contribution is 5.51. The third kappa shape index (κ3) is 3.61. The van der Waals surface area contributed by atoms with Crippen LogP contribution in [-0.2, 0) is 6.54 Å². The molecule has 0 aliphatic carbocycles. The van der Waals surface area contributed by atoms with E-state index >= 15 is 0 Å². The van der Waals surface area contributed by atoms with Gasteiger partial charge in [-0.15, -0.1) is 0 Å². The Labute approximate surface area is 112 Å². The average molecular weight is 258 g/mol. The molecule has 1 aromatic heterocycles. The second-order valence-corrected chi connectivity index (χ2v) is 4.48. The topological polar surface area (TPSA) is 57.2 Å². The maximum atomic E-state index is 11.7. The Bertz CT molecular complexity index is 605. The normalized spacial score (nSPS) is 10.4. The van der Waals surface area contributed by atoms with E-state index in [4.69, 9.17) is 10.5 Å². The van der Waals surface area contributed by atoms with Gasteiger partial charge in [0.2, 0.25) is 0 Å². The molecule has 0 saturated heterocycles. The number of aryl methyl sites for hydroxylation is 2. The maximum absolute atomic E-state index is 11.7. The number of para-hydroxylation sites is 2. The molecular weight excluding hydrogens is 240 g/mol. The summed E-state index contributed by atoms with van der Waals surface area (Å²) in [5.41, 5.74) is 7.42. The van der Waals surface area contributed by atoms with E-state index in [1.807, 2.05) is 37.4 Å². The van der Waals surface area contributed by atoms with E-state index in [-0.39, 0.29) is 5.56 Å². The van der Waals surface area contributed by atoms with Crippen LogP contribution < -0.4 is 16.0 Å². The lowest BCUT2D eigenvalue weighted by molar-refractivity contribution is 0.302. The van der Waals surface area contributed by atoms with Gasteiger partial charge in [0, 0.05) is 18.8 Å². The van der Waals surface area contributed by atoms with Gasteiger partial charge in [-0.1, -0.05) is 12.1 Å². The lowest BCUT2D eigenvalue weighted by Gasteiger charge is -2.09. The predicted molar refractivity (Wildman–Crippen MR) is 76.4 cm³/mol. The Balaban J connectivity index is 1.84. The predicted octanol–water partition coefficient (Wildman–Crippen LogP) is 2.21. The number of nitrogens with zero attached hydrogens (tertiary/aromatic N) is 1. The third-order valence-corrected chi connectivity index (χ3v) is 2.87. The maximum Gasteiger partial charge on any atom is 0.250 e. The number of aromatic nitrogens is 1. The van der Waals surface area contributed by atoms with Gasteiger partial charge in [-0.2, -0.15) is 0 Å². The van der Waals surface area contributed by atoms with Crippen molar-refractivity contribution >= 4 is 5.69 Å². The Kier molecular flexibility index (Phi) is 4.23. The number of hydrogen-bond acceptors (Lipinski definition) is 3. The lowest BCUT2D eigenvalue weighted by atomic mass is 10.3. The molecule has 0 unspecified atom stereocenters. The van der Waals surface area contributed by atoms with E-state index in [0.717, 1.165) is 12.0 Å². The molecule has 1 heterocycles. The molecule has 0 amide bonds. The number of benzene rings is 1. The summed E-state index contributed by atoms with van der Waals surface area (Å²) in [6.45, 7) is 3.09. The molecule has 4 heteroatoms. The molecule has 1 aromatic carbocycles. The summed E-state index contributed by atoms with van der Waals surface area (Å²) in [7, 11) is 0. The van der Waals surface area contributed by atoms with E-state index < -0.39 is 0 Å². The Morgan fingerprint density at radius 3 is 2.79 bits per heavy atom. The monoisotopic (exact) mass is 258 g/mol. The van der Waals surface area contributed by atoms with Crippen molar-refractivity contribution in [3.05, 3.63) is 58.5 Å². The molecule has 2 aromatic rings. The summed E-state index contributed by atoms with van der Waals surface area (Å²) >= 11 is 0. The van der Waals surface area contributed by atoms with Crippen molar-refractivity contribution in [2.24, 2.45) is 0 Å². The third-order valence-electron chi connectivity index (χ3n) is 2.87. The van der Waals surface area contributed by atoms with Gasteiger partial charge in [-0.25, -0.2) is 0 Å². The van der Waals surface area contributed by atoms with Crippen molar-refractivity contribution in [1.82, 2.24) is 4.57 Å². The number of hydrogen-bond donors (Lipinski definition) is 1. The summed E-state index contributed by atoms with van der Waals surface area (Å²) < 4.78 is 7.27. The van der Waals surface area contributed by atoms with Crippen LogP contribution in [0.1, 0.15) is 12.0 Å². The van der Waals surface area contributed by atoms with E-state index in [1.54, 1.807) is 16.7 Å². The van der Waals surface area contributed by atoms with E-state index in [0.29, 0.717) is 24.6 Å². The minimum absolute atomic E-state index is 0.0271. The average Bonchev–Trinajstić information content (AvgIpc) is 2.38. The number of anilines is 1. The fourth-order valence-corrected chi connectivity index (χ4v) is 1.82. The van der Waals surface area contributed by atoms with Crippen molar-refractivity contribution < 1.29 is 4.74 Å². The zero-order valence-corrected chi connectivity index (χ0v) is 11.0. The van der Waals surface area contributed by atoms with Gasteiger partial charge < -0.3 is 15.0 Å². The number of nitrogens with two attached hydrogens (primary N) is 1. The second-order valence-electron chi connectivity index (χ2n) is 4.48. The number of pyridine rings is 1. The van der Waals surface area contributed by atoms with Crippen LogP contribution in [-0.4, -0.2) is 11.2 Å². The molecule has 0 atom stereocenters. The molecule has 0 radical (unpaired) electrons. The van der Waals surface area contributed by atoms with Gasteiger partial charge in [0.1, 0.15) is 5.75 Å². The number of nitrogen functional groups attached to an aromatic ring is 1. The molecule has 0 saturated carbocycles. The Morgan fingerprint density at radius 1 is 1.26 bits per heavy atom. The first-order valence-electron chi connectivity index (χ1n) is 6.31. The summed E-state index contributed by atoms with van der Waals surface area (Å²) in [6, 6.07) is 11.0. The van der Waals surface area contributed by atoms with Crippen LogP contribution in [0.4, 0.5) is 5.69 Å². The fourth-order valence-electron chi connectivity index (χ4n) is 1.82. The quantitative estimate of drug-likeness (QED) is 0.660. The number of ether oxygens (including phenoxy) is 1. The molecule has 2 N–H and O–H groups in total. The molecule has 0 fully saturated rings. The van der Waals surface area contributed by atoms with Crippen molar-refractivity contribution in [2.75, 3.05) is 12.3 Å². The highest BCUT2D eigenvalue weighted by Gasteiger charge is 1.99. The van der Waals surface area contributed by atoms with Crippen molar-refractivity contribution in [3.63, 3.8) is 0 Å². The second kappa shape index (κ2) is 6.09. The van der Waals surface area contributed by atoms with Crippen LogP contribution in [0.25, 0.3) is 0 Å². The molecular formula is C15H18N2O2. The van der Waals surface area contributed by atoms with Crippen LogP contribution in [0.5, 0.6) is 5.75 Å². The van der Waals surface area contributed by atoms with E-state index in [1.165, 1.54) is 0 Å². The molecule has 100 valence electrons. The Morgan fingerprint density at radius 2 is 2.05 bits per heavy atom. The summed E-state index contributed by atoms with van der Waals surface area (Å²) in [5.74, 6) is 0.693. The van der Waals surface area contributed by atoms with E-state index in [2.05, 4.69) is 0 Å². The summed E-state index contributed by atoms with van der Waals surface area (Å²) in [4.78, 5) is 11.7. The van der Waals surface area contributed by atoms with Crippen molar-refractivity contribution in [1.29, 1.82) is 0 Å². The van der Waals surface area contributed by atoms with Crippen LogP contribution in [0.2, 0.25) is 0 Å². The Hall–Kier alpha value is -2.23. The standard InChI is InChI=1S/C15H18N2O2/c1-12-7-9-17(15(18)11-12)8-4-10-19-14-6-3-2-5-13(14)16/h2-3,5-7,9,11H,4,8,10,16H2,1H3. The van der Waals surface area contributed by atoms with Gasteiger partial charge in [-0.3, -0.25) is 4.79 Å². The molecule has 0 bridgehead atoms. The smallest absolute Gasteiger partial charge is 0.250 e. The molecule has 19 heavy (non-hydrogen) atoms. The molecule has 0 spiro atoms. The minimum atomic E-state index is 0.0271. The highest BCUT2D eigenvalue weighted by Crippen LogP contribution is 2.19. The largest absolute Gasteiger partial charge is 0.491 e. The lowest BCUT2D eigenvalue weighted by Crippen LogP contribution is -2.19. The van der Waals surface area contributed by atoms with Crippen LogP contribution >= 0.6 is 0 Å². The van der Waals surface area contributed by atoms with Gasteiger partial charge in [-0.05, 0) is 37.1 Å². The van der Waals surface area contributed by atoms with Gasteiger partial charge in [0.25, 0.3) is 5.56 Å². The molecule has 4 nitrogen and oxygen atoms in total. The summed E-state index contributed by atoms with van der Waals surface area (Å²) in [5, 5.41) is 0. The first kappa shape index (κ1) is 13.2. The minimum Gasteiger partial charge on any atom is -0.491 e. The van der Waals surface area contributed by atoms with Crippen LogP contribution in [0.3, 0.4) is 0 Å². The molecule has 2 rings (SSSR count). The first-order chi connectivity index (χ1) is 9.16. The molecule has 0 aliphatic heterocycles. The van der Waals surface area contributed by atoms with Crippen molar-refractivity contribution in [2.45, 2.75) is 19.9 Å². The zero-order valence-electron chi connectivity index (χ0n) is 11.0. The summed E-state index contributed by atoms with van der Waals surface area (Å²) in [6.07, 6.45) is 2.58. The van der Waals surface area contributed by atoms with Crippen LogP contribution in [0, 0.1) is 6.92 Å². The highest BCUT2D eigenvalue weighted by atomic mass is 16.5. The van der Waals surface area contributed by atoms with Gasteiger partial charge >= 0.3 is 0 Å². The first-order valence-corrected chi connectivity index (χ1v) is 6.31. The zero-order chi connectivity index (χ0) is 13.7. The SMILES string of the molecule is Cc1ccn(CCCOc2ccccc2N)c(=O)c1. The van der Waals surface area contributed by atoms with E-state index in [9.17, 15) is 4.79 Å². The number of rotatable bonds is 5.